The maximum atomic E-state index is 13.0. The molecule has 1 aromatic carbocycles. The van der Waals surface area contributed by atoms with Gasteiger partial charge >= 0.3 is 0 Å². The fourth-order valence-electron chi connectivity index (χ4n) is 1.36. The standard InChI is InChI=1S/C12H6FN5/c13-9-1-2-10(8(5-9)6-14)18-12-11(7-15)16-3-4-17-12/h1-5H,(H,17,18). The third kappa shape index (κ3) is 2.23. The van der Waals surface area contributed by atoms with Crippen LogP contribution >= 0.6 is 0 Å². The van der Waals surface area contributed by atoms with E-state index in [0.29, 0.717) is 5.69 Å². The molecule has 0 saturated heterocycles. The molecule has 18 heavy (non-hydrogen) atoms. The van der Waals surface area contributed by atoms with Crippen LogP contribution < -0.4 is 5.32 Å². The quantitative estimate of drug-likeness (QED) is 0.867. The molecular weight excluding hydrogens is 233 g/mol. The van der Waals surface area contributed by atoms with Crippen molar-refractivity contribution in [3.8, 4) is 12.1 Å². The average molecular weight is 239 g/mol. The number of nitriles is 2. The van der Waals surface area contributed by atoms with Gasteiger partial charge in [0.15, 0.2) is 11.5 Å². The summed E-state index contributed by atoms with van der Waals surface area (Å²) in [6, 6.07) is 7.45. The van der Waals surface area contributed by atoms with Gasteiger partial charge in [-0.2, -0.15) is 10.5 Å². The average Bonchev–Trinajstić information content (AvgIpc) is 2.41. The number of rotatable bonds is 2. The predicted molar refractivity (Wildman–Crippen MR) is 61.1 cm³/mol. The van der Waals surface area contributed by atoms with E-state index in [1.54, 1.807) is 0 Å². The van der Waals surface area contributed by atoms with Crippen LogP contribution in [0.1, 0.15) is 11.3 Å². The molecular formula is C12H6FN5. The summed E-state index contributed by atoms with van der Waals surface area (Å²) in [5.41, 5.74) is 0.603. The van der Waals surface area contributed by atoms with Gasteiger partial charge in [-0.1, -0.05) is 0 Å². The van der Waals surface area contributed by atoms with Crippen LogP contribution in [0.15, 0.2) is 30.6 Å². The minimum absolute atomic E-state index is 0.103. The predicted octanol–water partition coefficient (Wildman–Crippen LogP) is 2.10. The number of aromatic nitrogens is 2. The first-order valence-electron chi connectivity index (χ1n) is 4.92. The van der Waals surface area contributed by atoms with Gasteiger partial charge in [-0.25, -0.2) is 14.4 Å². The number of hydrogen-bond acceptors (Lipinski definition) is 5. The van der Waals surface area contributed by atoms with Gasteiger partial charge in [0.25, 0.3) is 0 Å². The molecule has 0 amide bonds. The van der Waals surface area contributed by atoms with E-state index in [9.17, 15) is 4.39 Å². The minimum atomic E-state index is -0.503. The molecule has 0 fully saturated rings. The number of halogens is 1. The lowest BCUT2D eigenvalue weighted by Crippen LogP contribution is -2.00. The molecule has 6 heteroatoms. The highest BCUT2D eigenvalue weighted by atomic mass is 19.1. The van der Waals surface area contributed by atoms with Crippen molar-refractivity contribution in [3.63, 3.8) is 0 Å². The van der Waals surface area contributed by atoms with E-state index in [1.165, 1.54) is 24.5 Å². The first kappa shape index (κ1) is 11.5. The Morgan fingerprint density at radius 1 is 1.11 bits per heavy atom. The Bertz CT molecular complexity index is 669. The lowest BCUT2D eigenvalue weighted by atomic mass is 10.2. The summed E-state index contributed by atoms with van der Waals surface area (Å²) in [6.07, 6.45) is 2.80. The van der Waals surface area contributed by atoms with E-state index < -0.39 is 5.82 Å². The van der Waals surface area contributed by atoms with Gasteiger partial charge in [-0.3, -0.25) is 0 Å². The maximum absolute atomic E-state index is 13.0. The highest BCUT2D eigenvalue weighted by Crippen LogP contribution is 2.21. The molecule has 0 atom stereocenters. The summed E-state index contributed by atoms with van der Waals surface area (Å²) < 4.78 is 13.0. The molecule has 5 nitrogen and oxygen atoms in total. The molecule has 0 saturated carbocycles. The molecule has 86 valence electrons. The van der Waals surface area contributed by atoms with Crippen LogP contribution in [-0.4, -0.2) is 9.97 Å². The molecule has 0 unspecified atom stereocenters. The minimum Gasteiger partial charge on any atom is -0.337 e. The summed E-state index contributed by atoms with van der Waals surface area (Å²) >= 11 is 0. The lowest BCUT2D eigenvalue weighted by Gasteiger charge is -2.07. The molecule has 2 aromatic rings. The van der Waals surface area contributed by atoms with Gasteiger partial charge in [0.1, 0.15) is 18.0 Å². The van der Waals surface area contributed by atoms with Crippen molar-refractivity contribution in [1.29, 1.82) is 10.5 Å². The first-order chi connectivity index (χ1) is 8.74. The highest BCUT2D eigenvalue weighted by Gasteiger charge is 2.08. The summed E-state index contributed by atoms with van der Waals surface area (Å²) in [7, 11) is 0. The Morgan fingerprint density at radius 3 is 2.61 bits per heavy atom. The molecule has 0 aliphatic carbocycles. The number of anilines is 2. The monoisotopic (exact) mass is 239 g/mol. The fraction of sp³-hybridized carbons (Fsp3) is 0. The molecule has 1 aromatic heterocycles. The summed E-state index contributed by atoms with van der Waals surface area (Å²) in [4.78, 5) is 7.77. The van der Waals surface area contributed by atoms with Crippen molar-refractivity contribution in [1.82, 2.24) is 9.97 Å². The summed E-state index contributed by atoms with van der Waals surface area (Å²) in [5, 5.41) is 20.5. The lowest BCUT2D eigenvalue weighted by molar-refractivity contribution is 0.627. The second-order valence-electron chi connectivity index (χ2n) is 3.29. The molecule has 1 heterocycles. The normalized spacial score (nSPS) is 9.28. The van der Waals surface area contributed by atoms with Crippen molar-refractivity contribution in [2.75, 3.05) is 5.32 Å². The molecule has 0 aliphatic rings. The number of hydrogen-bond donors (Lipinski definition) is 1. The van der Waals surface area contributed by atoms with E-state index in [1.807, 2.05) is 12.1 Å². The Kier molecular flexibility index (Phi) is 3.13. The van der Waals surface area contributed by atoms with Crippen LogP contribution in [0.5, 0.6) is 0 Å². The second kappa shape index (κ2) is 4.89. The third-order valence-corrected chi connectivity index (χ3v) is 2.16. The van der Waals surface area contributed by atoms with E-state index >= 15 is 0 Å². The number of nitrogens with one attached hydrogen (secondary N) is 1. The maximum Gasteiger partial charge on any atom is 0.183 e. The van der Waals surface area contributed by atoms with E-state index in [2.05, 4.69) is 15.3 Å². The Morgan fingerprint density at radius 2 is 1.89 bits per heavy atom. The van der Waals surface area contributed by atoms with Crippen LogP contribution in [0.4, 0.5) is 15.9 Å². The van der Waals surface area contributed by atoms with E-state index in [0.717, 1.165) is 6.07 Å². The van der Waals surface area contributed by atoms with Crippen LogP contribution in [0.3, 0.4) is 0 Å². The van der Waals surface area contributed by atoms with Crippen molar-refractivity contribution in [3.05, 3.63) is 47.7 Å². The Labute approximate surface area is 102 Å². The second-order valence-corrected chi connectivity index (χ2v) is 3.29. The van der Waals surface area contributed by atoms with Gasteiger partial charge in [-0.15, -0.1) is 0 Å². The SMILES string of the molecule is N#Cc1cc(F)ccc1Nc1nccnc1C#N. The number of benzene rings is 1. The van der Waals surface area contributed by atoms with E-state index in [4.69, 9.17) is 10.5 Å². The van der Waals surface area contributed by atoms with Gasteiger partial charge in [-0.05, 0) is 18.2 Å². The smallest absolute Gasteiger partial charge is 0.183 e. The summed E-state index contributed by atoms with van der Waals surface area (Å²) in [5.74, 6) is -0.278. The molecule has 0 aliphatic heterocycles. The van der Waals surface area contributed by atoms with Crippen LogP contribution in [0, 0.1) is 28.5 Å². The molecule has 0 radical (unpaired) electrons. The van der Waals surface area contributed by atoms with E-state index in [-0.39, 0.29) is 17.1 Å². The van der Waals surface area contributed by atoms with Gasteiger partial charge in [0.05, 0.1) is 11.3 Å². The molecule has 0 spiro atoms. The Hall–Kier alpha value is -2.99. The zero-order valence-electron chi connectivity index (χ0n) is 9.05. The van der Waals surface area contributed by atoms with Crippen molar-refractivity contribution in [2.24, 2.45) is 0 Å². The van der Waals surface area contributed by atoms with Crippen molar-refractivity contribution in [2.45, 2.75) is 0 Å². The van der Waals surface area contributed by atoms with Crippen molar-refractivity contribution < 1.29 is 4.39 Å². The Balaban J connectivity index is 2.41. The van der Waals surface area contributed by atoms with Crippen molar-refractivity contribution >= 4 is 11.5 Å². The fourth-order valence-corrected chi connectivity index (χ4v) is 1.36. The summed E-state index contributed by atoms with van der Waals surface area (Å²) in [6.45, 7) is 0. The highest BCUT2D eigenvalue weighted by molar-refractivity contribution is 5.66. The van der Waals surface area contributed by atoms with Crippen LogP contribution in [0.25, 0.3) is 0 Å². The third-order valence-electron chi connectivity index (χ3n) is 2.16. The first-order valence-corrected chi connectivity index (χ1v) is 4.92. The largest absolute Gasteiger partial charge is 0.337 e. The zero-order valence-corrected chi connectivity index (χ0v) is 9.05. The van der Waals surface area contributed by atoms with Gasteiger partial charge in [0, 0.05) is 12.4 Å². The van der Waals surface area contributed by atoms with Gasteiger partial charge < -0.3 is 5.32 Å². The molecule has 2 rings (SSSR count). The van der Waals surface area contributed by atoms with Crippen LogP contribution in [-0.2, 0) is 0 Å². The molecule has 0 bridgehead atoms. The van der Waals surface area contributed by atoms with Crippen LogP contribution in [0.2, 0.25) is 0 Å². The number of nitrogens with zero attached hydrogens (tertiary/aromatic N) is 4. The van der Waals surface area contributed by atoms with Gasteiger partial charge in [0.2, 0.25) is 0 Å². The molecule has 1 N–H and O–H groups in total. The topological polar surface area (TPSA) is 85.4 Å². The zero-order chi connectivity index (χ0) is 13.0.